The van der Waals surface area contributed by atoms with Crippen LogP contribution in [-0.2, 0) is 6.42 Å². The van der Waals surface area contributed by atoms with E-state index in [0.717, 1.165) is 20.4 Å². The number of nitrogens with two attached hydrogens (primary N) is 1. The molecule has 1 atom stereocenters. The molecule has 100 valence electrons. The molecular weight excluding hydrogens is 356 g/mol. The summed E-state index contributed by atoms with van der Waals surface area (Å²) in [6, 6.07) is 12.3. The highest BCUT2D eigenvalue weighted by molar-refractivity contribution is 14.1. The second-order valence-corrected chi connectivity index (χ2v) is 5.45. The van der Waals surface area contributed by atoms with Gasteiger partial charge in [0.15, 0.2) is 0 Å². The predicted octanol–water partition coefficient (Wildman–Crippen LogP) is 3.68. The van der Waals surface area contributed by atoms with Crippen LogP contribution < -0.4 is 10.5 Å². The summed E-state index contributed by atoms with van der Waals surface area (Å²) in [6.07, 6.45) is 0.658. The normalized spacial score (nSPS) is 12.2. The van der Waals surface area contributed by atoms with Crippen molar-refractivity contribution in [2.75, 3.05) is 7.11 Å². The van der Waals surface area contributed by atoms with E-state index >= 15 is 0 Å². The minimum atomic E-state index is -0.238. The van der Waals surface area contributed by atoms with E-state index in [1.807, 2.05) is 24.3 Å². The van der Waals surface area contributed by atoms with E-state index in [0.29, 0.717) is 6.42 Å². The zero-order valence-corrected chi connectivity index (χ0v) is 12.7. The van der Waals surface area contributed by atoms with E-state index in [9.17, 15) is 4.39 Å². The predicted molar refractivity (Wildman–Crippen MR) is 82.7 cm³/mol. The molecule has 2 aromatic rings. The maximum Gasteiger partial charge on any atom is 0.124 e. The number of methoxy groups -OCH3 is 1. The van der Waals surface area contributed by atoms with Gasteiger partial charge in [-0.2, -0.15) is 0 Å². The highest BCUT2D eigenvalue weighted by atomic mass is 127. The molecule has 0 aromatic heterocycles. The van der Waals surface area contributed by atoms with Gasteiger partial charge in [-0.1, -0.05) is 24.3 Å². The van der Waals surface area contributed by atoms with Gasteiger partial charge in [-0.15, -0.1) is 0 Å². The number of benzene rings is 2. The van der Waals surface area contributed by atoms with Crippen LogP contribution >= 0.6 is 22.6 Å². The van der Waals surface area contributed by atoms with E-state index in [1.165, 1.54) is 12.1 Å². The third-order valence-electron chi connectivity index (χ3n) is 2.99. The molecule has 0 amide bonds. The average molecular weight is 371 g/mol. The van der Waals surface area contributed by atoms with Crippen molar-refractivity contribution in [3.05, 3.63) is 63.0 Å². The number of hydrogen-bond donors (Lipinski definition) is 1. The van der Waals surface area contributed by atoms with E-state index in [2.05, 4.69) is 22.6 Å². The molecule has 0 spiro atoms. The maximum atomic E-state index is 13.1. The molecule has 0 radical (unpaired) electrons. The van der Waals surface area contributed by atoms with Crippen molar-refractivity contribution in [1.29, 1.82) is 0 Å². The van der Waals surface area contributed by atoms with Crippen LogP contribution in [0.4, 0.5) is 4.39 Å². The van der Waals surface area contributed by atoms with Crippen molar-refractivity contribution in [1.82, 2.24) is 0 Å². The monoisotopic (exact) mass is 371 g/mol. The molecule has 2 aromatic carbocycles. The molecule has 0 saturated carbocycles. The topological polar surface area (TPSA) is 35.2 Å². The Morgan fingerprint density at radius 2 is 2.00 bits per heavy atom. The van der Waals surface area contributed by atoms with Crippen molar-refractivity contribution in [2.24, 2.45) is 5.73 Å². The molecule has 0 heterocycles. The highest BCUT2D eigenvalue weighted by Crippen LogP contribution is 2.26. The first-order chi connectivity index (χ1) is 9.11. The first kappa shape index (κ1) is 14.3. The van der Waals surface area contributed by atoms with Gasteiger partial charge in [0.2, 0.25) is 0 Å². The van der Waals surface area contributed by atoms with Gasteiger partial charge in [-0.3, -0.25) is 0 Å². The average Bonchev–Trinajstić information content (AvgIpc) is 2.39. The van der Waals surface area contributed by atoms with E-state index in [4.69, 9.17) is 10.5 Å². The molecule has 2 nitrogen and oxygen atoms in total. The van der Waals surface area contributed by atoms with Crippen LogP contribution in [-0.4, -0.2) is 7.11 Å². The lowest BCUT2D eigenvalue weighted by Crippen LogP contribution is -2.15. The van der Waals surface area contributed by atoms with Crippen LogP contribution in [0.1, 0.15) is 17.2 Å². The van der Waals surface area contributed by atoms with Gasteiger partial charge in [0.05, 0.1) is 7.11 Å². The van der Waals surface area contributed by atoms with Gasteiger partial charge >= 0.3 is 0 Å². The Labute approximate surface area is 125 Å². The second-order valence-electron chi connectivity index (χ2n) is 4.29. The Balaban J connectivity index is 2.23. The molecule has 0 saturated heterocycles. The molecule has 0 aliphatic carbocycles. The van der Waals surface area contributed by atoms with Gasteiger partial charge in [-0.25, -0.2) is 4.39 Å². The molecule has 2 N–H and O–H groups in total. The standard InChI is InChI=1S/C15H15FINO/c1-19-15-5-3-2-4-10(15)8-14(18)12-7-6-11(16)9-13(12)17/h2-7,9,14H,8,18H2,1H3. The Morgan fingerprint density at radius 1 is 1.26 bits per heavy atom. The van der Waals surface area contributed by atoms with Crippen molar-refractivity contribution in [3.8, 4) is 5.75 Å². The number of hydrogen-bond acceptors (Lipinski definition) is 2. The number of halogens is 2. The summed E-state index contributed by atoms with van der Waals surface area (Å²) in [4.78, 5) is 0. The van der Waals surface area contributed by atoms with Crippen LogP contribution in [0.25, 0.3) is 0 Å². The third kappa shape index (κ3) is 3.45. The van der Waals surface area contributed by atoms with E-state index in [1.54, 1.807) is 13.2 Å². The Morgan fingerprint density at radius 3 is 2.68 bits per heavy atom. The summed E-state index contributed by atoms with van der Waals surface area (Å²) in [5.74, 6) is 0.590. The lowest BCUT2D eigenvalue weighted by molar-refractivity contribution is 0.408. The first-order valence-corrected chi connectivity index (χ1v) is 7.02. The summed E-state index contributed by atoms with van der Waals surface area (Å²) >= 11 is 2.11. The minimum Gasteiger partial charge on any atom is -0.496 e. The molecule has 19 heavy (non-hydrogen) atoms. The summed E-state index contributed by atoms with van der Waals surface area (Å²) in [6.45, 7) is 0. The smallest absolute Gasteiger partial charge is 0.124 e. The summed E-state index contributed by atoms with van der Waals surface area (Å²) in [7, 11) is 1.64. The maximum absolute atomic E-state index is 13.1. The second kappa shape index (κ2) is 6.34. The lowest BCUT2D eigenvalue weighted by Gasteiger charge is -2.16. The molecule has 2 rings (SSSR count). The molecule has 0 fully saturated rings. The number of rotatable bonds is 4. The SMILES string of the molecule is COc1ccccc1CC(N)c1ccc(F)cc1I. The number of para-hydroxylation sites is 1. The van der Waals surface area contributed by atoms with Gasteiger partial charge in [0, 0.05) is 9.61 Å². The molecule has 0 bridgehead atoms. The fraction of sp³-hybridized carbons (Fsp3) is 0.200. The fourth-order valence-corrected chi connectivity index (χ4v) is 2.90. The van der Waals surface area contributed by atoms with Crippen LogP contribution in [0.2, 0.25) is 0 Å². The van der Waals surface area contributed by atoms with Gasteiger partial charge in [0.25, 0.3) is 0 Å². The van der Waals surface area contributed by atoms with Crippen LogP contribution in [0.5, 0.6) is 5.75 Å². The van der Waals surface area contributed by atoms with Crippen LogP contribution in [0.15, 0.2) is 42.5 Å². The van der Waals surface area contributed by atoms with E-state index in [-0.39, 0.29) is 11.9 Å². The van der Waals surface area contributed by atoms with Crippen LogP contribution in [0.3, 0.4) is 0 Å². The highest BCUT2D eigenvalue weighted by Gasteiger charge is 2.13. The first-order valence-electron chi connectivity index (χ1n) is 5.94. The van der Waals surface area contributed by atoms with Crippen molar-refractivity contribution in [2.45, 2.75) is 12.5 Å². The summed E-state index contributed by atoms with van der Waals surface area (Å²) in [5, 5.41) is 0. The molecule has 4 heteroatoms. The van der Waals surface area contributed by atoms with E-state index < -0.39 is 0 Å². The molecule has 1 unspecified atom stereocenters. The van der Waals surface area contributed by atoms with Crippen LogP contribution in [0, 0.1) is 9.39 Å². The fourth-order valence-electron chi connectivity index (χ4n) is 2.02. The van der Waals surface area contributed by atoms with Crippen molar-refractivity contribution >= 4 is 22.6 Å². The zero-order valence-electron chi connectivity index (χ0n) is 10.6. The quantitative estimate of drug-likeness (QED) is 0.833. The lowest BCUT2D eigenvalue weighted by atomic mass is 9.99. The van der Waals surface area contributed by atoms with Gasteiger partial charge < -0.3 is 10.5 Å². The zero-order chi connectivity index (χ0) is 13.8. The Hall–Kier alpha value is -1.14. The van der Waals surface area contributed by atoms with Crippen molar-refractivity contribution in [3.63, 3.8) is 0 Å². The Bertz CT molecular complexity index is 574. The number of ether oxygens (including phenoxy) is 1. The largest absolute Gasteiger partial charge is 0.496 e. The third-order valence-corrected chi connectivity index (χ3v) is 3.93. The van der Waals surface area contributed by atoms with Gasteiger partial charge in [0.1, 0.15) is 11.6 Å². The molecule has 0 aliphatic rings. The van der Waals surface area contributed by atoms with Gasteiger partial charge in [-0.05, 0) is 58.3 Å². The summed E-state index contributed by atoms with van der Waals surface area (Å²) in [5.41, 5.74) is 8.22. The summed E-state index contributed by atoms with van der Waals surface area (Å²) < 4.78 is 19.3. The minimum absolute atomic E-state index is 0.177. The molecular formula is C15H15FINO. The molecule has 0 aliphatic heterocycles. The van der Waals surface area contributed by atoms with Crippen molar-refractivity contribution < 1.29 is 9.13 Å². The Kier molecular flexibility index (Phi) is 4.76.